The van der Waals surface area contributed by atoms with E-state index in [4.69, 9.17) is 11.6 Å². The van der Waals surface area contributed by atoms with Crippen molar-refractivity contribution >= 4 is 29.2 Å². The monoisotopic (exact) mass is 405 g/mol. The minimum absolute atomic E-state index is 0.223. The van der Waals surface area contributed by atoms with Crippen LogP contribution < -0.4 is 15.5 Å². The molecule has 1 heterocycles. The Kier molecular flexibility index (Phi) is 6.70. The molecular formula is C21H32ClN5O. The number of benzene rings is 1. The van der Waals surface area contributed by atoms with E-state index in [9.17, 15) is 4.79 Å². The summed E-state index contributed by atoms with van der Waals surface area (Å²) >= 11 is 6.13. The lowest BCUT2D eigenvalue weighted by atomic mass is 9.84. The number of aliphatic imine (C=N–C) groups is 1. The maximum Gasteiger partial charge on any atom is 0.230 e. The molecule has 1 atom stereocenters. The predicted octanol–water partition coefficient (Wildman–Crippen LogP) is 2.73. The van der Waals surface area contributed by atoms with Gasteiger partial charge in [-0.3, -0.25) is 9.79 Å². The number of halogens is 1. The normalized spacial score (nSPS) is 21.6. The molecule has 2 aliphatic rings. The van der Waals surface area contributed by atoms with Gasteiger partial charge in [0.15, 0.2) is 5.96 Å². The zero-order valence-corrected chi connectivity index (χ0v) is 17.9. The summed E-state index contributed by atoms with van der Waals surface area (Å²) in [6, 6.07) is 8.30. The number of nitrogens with one attached hydrogen (secondary N) is 2. The zero-order chi connectivity index (χ0) is 20.1. The van der Waals surface area contributed by atoms with Crippen molar-refractivity contribution in [3.8, 4) is 0 Å². The van der Waals surface area contributed by atoms with Crippen LogP contribution in [0.4, 0.5) is 5.69 Å². The number of carbonyl (C=O) groups excluding carboxylic acids is 1. The van der Waals surface area contributed by atoms with E-state index in [1.165, 1.54) is 0 Å². The molecule has 1 unspecified atom stereocenters. The molecule has 28 heavy (non-hydrogen) atoms. The fraction of sp³-hybridized carbons (Fsp3) is 0.619. The molecule has 0 bridgehead atoms. The molecule has 1 aromatic rings. The molecule has 6 nitrogen and oxygen atoms in total. The summed E-state index contributed by atoms with van der Waals surface area (Å²) < 4.78 is 0. The molecule has 2 fully saturated rings. The van der Waals surface area contributed by atoms with E-state index in [0.717, 1.165) is 61.9 Å². The number of carbonyl (C=O) groups is 1. The SMILES string of the molecule is CN=C(NCC1(C(=O)N(C)C)CCCC1)NC1CCN(c2cccc(Cl)c2)C1. The number of hydrogen-bond acceptors (Lipinski definition) is 3. The van der Waals surface area contributed by atoms with Gasteiger partial charge in [-0.25, -0.2) is 0 Å². The third kappa shape index (κ3) is 4.72. The molecule has 154 valence electrons. The average molecular weight is 406 g/mol. The van der Waals surface area contributed by atoms with Crippen LogP contribution in [0.1, 0.15) is 32.1 Å². The summed E-state index contributed by atoms with van der Waals surface area (Å²) in [6.45, 7) is 2.52. The summed E-state index contributed by atoms with van der Waals surface area (Å²) in [6.07, 6.45) is 5.16. The first kappa shape index (κ1) is 20.8. The van der Waals surface area contributed by atoms with Crippen LogP contribution in [0.2, 0.25) is 5.02 Å². The van der Waals surface area contributed by atoms with Crippen LogP contribution in [0.3, 0.4) is 0 Å². The maximum atomic E-state index is 12.7. The maximum absolute atomic E-state index is 12.7. The van der Waals surface area contributed by atoms with Crippen LogP contribution in [0.25, 0.3) is 0 Å². The molecule has 3 rings (SSSR count). The third-order valence-electron chi connectivity index (χ3n) is 5.94. The summed E-state index contributed by atoms with van der Waals surface area (Å²) in [5, 5.41) is 7.72. The molecule has 1 aromatic carbocycles. The number of amides is 1. The first-order valence-corrected chi connectivity index (χ1v) is 10.5. The Morgan fingerprint density at radius 3 is 2.75 bits per heavy atom. The molecule has 2 N–H and O–H groups in total. The Hall–Kier alpha value is -1.95. The molecule has 1 amide bonds. The standard InChI is InChI=1S/C21H32ClN5O/c1-23-20(24-15-21(10-4-5-11-21)19(28)26(2)3)25-17-9-12-27(14-17)18-8-6-7-16(22)13-18/h6-8,13,17H,4-5,9-12,14-15H2,1-3H3,(H2,23,24,25). The van der Waals surface area contributed by atoms with Crippen molar-refractivity contribution in [2.75, 3.05) is 45.7 Å². The Bertz CT molecular complexity index is 715. The van der Waals surface area contributed by atoms with Gasteiger partial charge in [-0.15, -0.1) is 0 Å². The van der Waals surface area contributed by atoms with Gasteiger partial charge >= 0.3 is 0 Å². The Morgan fingerprint density at radius 2 is 2.11 bits per heavy atom. The van der Waals surface area contributed by atoms with E-state index in [1.54, 1.807) is 11.9 Å². The molecule has 0 spiro atoms. The van der Waals surface area contributed by atoms with Crippen LogP contribution >= 0.6 is 11.6 Å². The van der Waals surface area contributed by atoms with Gasteiger partial charge in [0.1, 0.15) is 0 Å². The quantitative estimate of drug-likeness (QED) is 0.584. The van der Waals surface area contributed by atoms with Gasteiger partial charge in [-0.1, -0.05) is 30.5 Å². The second-order valence-electron chi connectivity index (χ2n) is 8.17. The van der Waals surface area contributed by atoms with E-state index >= 15 is 0 Å². The van der Waals surface area contributed by atoms with Crippen LogP contribution in [-0.2, 0) is 4.79 Å². The van der Waals surface area contributed by atoms with Crippen molar-refractivity contribution in [3.05, 3.63) is 29.3 Å². The third-order valence-corrected chi connectivity index (χ3v) is 6.18. The van der Waals surface area contributed by atoms with Gasteiger partial charge in [-0.2, -0.15) is 0 Å². The summed E-state index contributed by atoms with van der Waals surface area (Å²) in [5.74, 6) is 0.997. The fourth-order valence-corrected chi connectivity index (χ4v) is 4.60. The van der Waals surface area contributed by atoms with E-state index < -0.39 is 0 Å². The first-order valence-electron chi connectivity index (χ1n) is 10.1. The van der Waals surface area contributed by atoms with Gasteiger partial charge < -0.3 is 20.4 Å². The van der Waals surface area contributed by atoms with Gasteiger partial charge in [0.05, 0.1) is 5.41 Å². The number of anilines is 1. The van der Waals surface area contributed by atoms with Gasteiger partial charge in [-0.05, 0) is 37.5 Å². The van der Waals surface area contributed by atoms with Crippen molar-refractivity contribution in [2.24, 2.45) is 10.4 Å². The van der Waals surface area contributed by atoms with Gasteiger partial charge in [0, 0.05) is 57.5 Å². The van der Waals surface area contributed by atoms with Crippen molar-refractivity contribution in [3.63, 3.8) is 0 Å². The second-order valence-corrected chi connectivity index (χ2v) is 8.61. The van der Waals surface area contributed by atoms with E-state index in [0.29, 0.717) is 12.6 Å². The highest BCUT2D eigenvalue weighted by Gasteiger charge is 2.42. The van der Waals surface area contributed by atoms with Crippen molar-refractivity contribution in [2.45, 2.75) is 38.1 Å². The number of guanidine groups is 1. The highest BCUT2D eigenvalue weighted by atomic mass is 35.5. The lowest BCUT2D eigenvalue weighted by molar-refractivity contribution is -0.138. The number of nitrogens with zero attached hydrogens (tertiary/aromatic N) is 3. The van der Waals surface area contributed by atoms with E-state index in [-0.39, 0.29) is 11.3 Å². The van der Waals surface area contributed by atoms with Crippen LogP contribution in [0, 0.1) is 5.41 Å². The van der Waals surface area contributed by atoms with Crippen LogP contribution in [0.15, 0.2) is 29.3 Å². The average Bonchev–Trinajstić information content (AvgIpc) is 3.35. The van der Waals surface area contributed by atoms with Gasteiger partial charge in [0.2, 0.25) is 5.91 Å². The summed E-state index contributed by atoms with van der Waals surface area (Å²) in [5.41, 5.74) is 0.852. The molecule has 1 saturated heterocycles. The number of hydrogen-bond donors (Lipinski definition) is 2. The van der Waals surface area contributed by atoms with Crippen LogP contribution in [-0.4, -0.2) is 63.6 Å². The second kappa shape index (κ2) is 9.03. The molecule has 1 aliphatic carbocycles. The summed E-state index contributed by atoms with van der Waals surface area (Å²) in [7, 11) is 5.48. The first-order chi connectivity index (χ1) is 13.4. The minimum Gasteiger partial charge on any atom is -0.369 e. The lowest BCUT2D eigenvalue weighted by Crippen LogP contribution is -2.51. The minimum atomic E-state index is -0.302. The summed E-state index contributed by atoms with van der Waals surface area (Å²) in [4.78, 5) is 21.2. The molecule has 0 radical (unpaired) electrons. The highest BCUT2D eigenvalue weighted by molar-refractivity contribution is 6.30. The zero-order valence-electron chi connectivity index (χ0n) is 17.2. The van der Waals surface area contributed by atoms with Crippen molar-refractivity contribution < 1.29 is 4.79 Å². The Balaban J connectivity index is 1.56. The Labute approximate surface area is 173 Å². The molecule has 1 aliphatic heterocycles. The molecule has 0 aromatic heterocycles. The topological polar surface area (TPSA) is 60.0 Å². The van der Waals surface area contributed by atoms with Gasteiger partial charge in [0.25, 0.3) is 0 Å². The lowest BCUT2D eigenvalue weighted by Gasteiger charge is -2.31. The fourth-order valence-electron chi connectivity index (χ4n) is 4.42. The van der Waals surface area contributed by atoms with Crippen LogP contribution in [0.5, 0.6) is 0 Å². The van der Waals surface area contributed by atoms with E-state index in [1.807, 2.05) is 32.3 Å². The van der Waals surface area contributed by atoms with Crippen molar-refractivity contribution in [1.29, 1.82) is 0 Å². The molecule has 7 heteroatoms. The predicted molar refractivity (Wildman–Crippen MR) is 116 cm³/mol. The number of rotatable bonds is 5. The molecular weight excluding hydrogens is 374 g/mol. The largest absolute Gasteiger partial charge is 0.369 e. The highest BCUT2D eigenvalue weighted by Crippen LogP contribution is 2.38. The molecule has 1 saturated carbocycles. The smallest absolute Gasteiger partial charge is 0.230 e. The van der Waals surface area contributed by atoms with E-state index in [2.05, 4.69) is 26.6 Å². The Morgan fingerprint density at radius 1 is 1.36 bits per heavy atom. The van der Waals surface area contributed by atoms with Crippen molar-refractivity contribution in [1.82, 2.24) is 15.5 Å².